The molecule has 0 bridgehead atoms. The fourth-order valence-electron chi connectivity index (χ4n) is 8.29. The van der Waals surface area contributed by atoms with E-state index < -0.39 is 0 Å². The summed E-state index contributed by atoms with van der Waals surface area (Å²) in [7, 11) is 0. The molecule has 0 aliphatic heterocycles. The minimum absolute atomic E-state index is 0.875. The number of rotatable bonds is 8. The molecule has 4 nitrogen and oxygen atoms in total. The predicted molar refractivity (Wildman–Crippen MR) is 260 cm³/mol. The molecule has 0 N–H and O–H groups in total. The molecule has 62 heavy (non-hydrogen) atoms. The Morgan fingerprint density at radius 3 is 1.05 bits per heavy atom. The van der Waals surface area contributed by atoms with Crippen LogP contribution in [-0.2, 0) is 0 Å². The van der Waals surface area contributed by atoms with Crippen LogP contribution in [0.2, 0.25) is 0 Å². The second-order valence-electron chi connectivity index (χ2n) is 15.4. The fraction of sp³-hybridized carbons (Fsp3) is 0. The quantitative estimate of drug-likeness (QED) is 0.144. The second kappa shape index (κ2) is 16.0. The SMILES string of the molecule is C(=Cc1cc(-c2ccccc2)c2ccc3ccc(-c4ccc(-c5ccc6ccc7c(-c8ccccc8)cc(C=Cc8ccccc8)nc7c6n5)cc4)nc3c2n1)c1ccccc1. The summed E-state index contributed by atoms with van der Waals surface area (Å²) in [6.07, 6.45) is 8.41. The highest BCUT2D eigenvalue weighted by Crippen LogP contribution is 2.36. The highest BCUT2D eigenvalue weighted by molar-refractivity contribution is 6.10. The molecule has 0 saturated carbocycles. The Morgan fingerprint density at radius 1 is 0.274 bits per heavy atom. The first-order valence-electron chi connectivity index (χ1n) is 20.9. The van der Waals surface area contributed by atoms with Crippen molar-refractivity contribution in [3.63, 3.8) is 0 Å². The Kier molecular flexibility index (Phi) is 9.49. The number of benzene rings is 7. The highest BCUT2D eigenvalue weighted by Gasteiger charge is 2.15. The average molecular weight is 791 g/mol. The topological polar surface area (TPSA) is 51.6 Å². The first-order valence-corrected chi connectivity index (χ1v) is 20.9. The second-order valence-corrected chi connectivity index (χ2v) is 15.4. The minimum Gasteiger partial charge on any atom is -0.246 e. The van der Waals surface area contributed by atoms with E-state index in [1.165, 1.54) is 0 Å². The standard InChI is InChI=1S/C58H38N4/c1-5-13-39(14-6-1)21-31-47-37-51(41-17-9-3-10-18-41)49-33-27-45-29-35-53(61-55(45)57(49)59-47)43-23-25-44(26-24-43)54-36-30-46-28-34-50-52(42-19-11-4-12-20-42)38-48(60-58(50)56(46)62-54)32-22-40-15-7-2-8-16-40/h1-38H. The lowest BCUT2D eigenvalue weighted by atomic mass is 9.97. The monoisotopic (exact) mass is 790 g/mol. The predicted octanol–water partition coefficient (Wildman–Crippen LogP) is 14.9. The molecule has 0 spiro atoms. The van der Waals surface area contributed by atoms with Gasteiger partial charge in [-0.3, -0.25) is 0 Å². The molecule has 11 rings (SSSR count). The molecule has 0 saturated heterocycles. The van der Waals surface area contributed by atoms with E-state index in [0.717, 1.165) is 111 Å². The van der Waals surface area contributed by atoms with Gasteiger partial charge in [0.05, 0.1) is 44.8 Å². The Bertz CT molecular complexity index is 3240. The first kappa shape index (κ1) is 36.7. The van der Waals surface area contributed by atoms with E-state index >= 15 is 0 Å². The van der Waals surface area contributed by atoms with Gasteiger partial charge >= 0.3 is 0 Å². The lowest BCUT2D eigenvalue weighted by molar-refractivity contribution is 1.34. The van der Waals surface area contributed by atoms with Crippen molar-refractivity contribution in [1.82, 2.24) is 19.9 Å². The van der Waals surface area contributed by atoms with Gasteiger partial charge < -0.3 is 0 Å². The van der Waals surface area contributed by atoms with E-state index in [9.17, 15) is 0 Å². The summed E-state index contributed by atoms with van der Waals surface area (Å²) in [5.41, 5.74) is 15.9. The van der Waals surface area contributed by atoms with Gasteiger partial charge in [0.1, 0.15) is 0 Å². The van der Waals surface area contributed by atoms with Crippen LogP contribution in [0.1, 0.15) is 22.5 Å². The number of fused-ring (bicyclic) bond motifs is 6. The number of hydrogen-bond donors (Lipinski definition) is 0. The Labute approximate surface area is 359 Å². The summed E-state index contributed by atoms with van der Waals surface area (Å²) in [6, 6.07) is 71.8. The summed E-state index contributed by atoms with van der Waals surface area (Å²) in [5.74, 6) is 0. The van der Waals surface area contributed by atoms with Crippen LogP contribution in [0.4, 0.5) is 0 Å². The summed E-state index contributed by atoms with van der Waals surface area (Å²) in [4.78, 5) is 21.1. The van der Waals surface area contributed by atoms with Gasteiger partial charge in [-0.05, 0) is 69.8 Å². The number of hydrogen-bond acceptors (Lipinski definition) is 4. The van der Waals surface area contributed by atoms with E-state index in [4.69, 9.17) is 19.9 Å². The molecule has 7 aromatic carbocycles. The van der Waals surface area contributed by atoms with Crippen LogP contribution in [0.5, 0.6) is 0 Å². The van der Waals surface area contributed by atoms with Gasteiger partial charge in [0.15, 0.2) is 0 Å². The lowest BCUT2D eigenvalue weighted by Crippen LogP contribution is -1.94. The highest BCUT2D eigenvalue weighted by atomic mass is 14.8. The summed E-state index contributed by atoms with van der Waals surface area (Å²) < 4.78 is 0. The molecule has 0 radical (unpaired) electrons. The van der Waals surface area contributed by atoms with Crippen LogP contribution in [0.15, 0.2) is 206 Å². The van der Waals surface area contributed by atoms with Crippen molar-refractivity contribution in [2.75, 3.05) is 0 Å². The van der Waals surface area contributed by atoms with Gasteiger partial charge in [-0.25, -0.2) is 19.9 Å². The van der Waals surface area contributed by atoms with E-state index in [2.05, 4.69) is 218 Å². The zero-order valence-electron chi connectivity index (χ0n) is 33.7. The summed E-state index contributed by atoms with van der Waals surface area (Å²) >= 11 is 0. The van der Waals surface area contributed by atoms with Crippen LogP contribution >= 0.6 is 0 Å². The van der Waals surface area contributed by atoms with Crippen molar-refractivity contribution in [1.29, 1.82) is 0 Å². The third-order valence-electron chi connectivity index (χ3n) is 11.5. The van der Waals surface area contributed by atoms with E-state index in [0.29, 0.717) is 0 Å². The molecule has 0 fully saturated rings. The van der Waals surface area contributed by atoms with Crippen molar-refractivity contribution < 1.29 is 0 Å². The van der Waals surface area contributed by atoms with E-state index in [1.807, 2.05) is 12.1 Å². The van der Waals surface area contributed by atoms with E-state index in [-0.39, 0.29) is 0 Å². The van der Waals surface area contributed by atoms with E-state index in [1.54, 1.807) is 0 Å². The molecule has 4 heteroatoms. The van der Waals surface area contributed by atoms with Gasteiger partial charge in [-0.2, -0.15) is 0 Å². The maximum Gasteiger partial charge on any atom is 0.0978 e. The normalized spacial score (nSPS) is 11.7. The summed E-state index contributed by atoms with van der Waals surface area (Å²) in [5, 5.41) is 4.23. The smallest absolute Gasteiger partial charge is 0.0978 e. The van der Waals surface area contributed by atoms with Crippen LogP contribution < -0.4 is 0 Å². The number of nitrogens with zero attached hydrogens (tertiary/aromatic N) is 4. The molecule has 4 aromatic heterocycles. The number of aromatic nitrogens is 4. The van der Waals surface area contributed by atoms with Crippen molar-refractivity contribution in [3.05, 3.63) is 229 Å². The summed E-state index contributed by atoms with van der Waals surface area (Å²) in [6.45, 7) is 0. The van der Waals surface area contributed by atoms with Crippen LogP contribution in [-0.4, -0.2) is 19.9 Å². The molecule has 290 valence electrons. The Balaban J connectivity index is 0.984. The van der Waals surface area contributed by atoms with Crippen molar-refractivity contribution in [3.8, 4) is 44.8 Å². The molecule has 0 unspecified atom stereocenters. The lowest BCUT2D eigenvalue weighted by Gasteiger charge is -2.12. The molecule has 0 atom stereocenters. The van der Waals surface area contributed by atoms with Gasteiger partial charge in [0.2, 0.25) is 0 Å². The van der Waals surface area contributed by atoms with Gasteiger partial charge in [-0.1, -0.05) is 194 Å². The van der Waals surface area contributed by atoms with Crippen LogP contribution in [0, 0.1) is 0 Å². The van der Waals surface area contributed by atoms with Gasteiger partial charge in [0, 0.05) is 32.7 Å². The Morgan fingerprint density at radius 2 is 0.645 bits per heavy atom. The zero-order chi connectivity index (χ0) is 41.2. The number of pyridine rings is 4. The molecule has 4 heterocycles. The molecular formula is C58H38N4. The average Bonchev–Trinajstić information content (AvgIpc) is 3.35. The molecule has 0 aliphatic carbocycles. The van der Waals surface area contributed by atoms with Crippen molar-refractivity contribution in [2.45, 2.75) is 0 Å². The zero-order valence-corrected chi connectivity index (χ0v) is 33.7. The molecule has 0 amide bonds. The largest absolute Gasteiger partial charge is 0.246 e. The maximum atomic E-state index is 5.31. The molecule has 0 aliphatic rings. The van der Waals surface area contributed by atoms with Gasteiger partial charge in [0.25, 0.3) is 0 Å². The Hall–Kier alpha value is -8.34. The third-order valence-corrected chi connectivity index (χ3v) is 11.5. The van der Waals surface area contributed by atoms with Crippen molar-refractivity contribution >= 4 is 67.9 Å². The fourth-order valence-corrected chi connectivity index (χ4v) is 8.29. The van der Waals surface area contributed by atoms with Crippen molar-refractivity contribution in [2.24, 2.45) is 0 Å². The third kappa shape index (κ3) is 7.20. The first-order chi connectivity index (χ1) is 30.7. The molecular weight excluding hydrogens is 753 g/mol. The maximum absolute atomic E-state index is 5.31. The van der Waals surface area contributed by atoms with Crippen LogP contribution in [0.25, 0.3) is 113 Å². The minimum atomic E-state index is 0.875. The van der Waals surface area contributed by atoms with Crippen LogP contribution in [0.3, 0.4) is 0 Å². The van der Waals surface area contributed by atoms with Gasteiger partial charge in [-0.15, -0.1) is 0 Å². The molecule has 11 aromatic rings.